The van der Waals surface area contributed by atoms with Crippen LogP contribution in [-0.4, -0.2) is 18.0 Å². The smallest absolute Gasteiger partial charge is 0.293 e. The number of amides is 1. The predicted octanol–water partition coefficient (Wildman–Crippen LogP) is 5.74. The number of furan rings is 1. The van der Waals surface area contributed by atoms with Crippen LogP contribution in [0.2, 0.25) is 0 Å². The number of hydrogen-bond acceptors (Lipinski definition) is 5. The van der Waals surface area contributed by atoms with Crippen molar-refractivity contribution in [2.24, 2.45) is 0 Å². The van der Waals surface area contributed by atoms with Crippen LogP contribution in [0, 0.1) is 20.8 Å². The number of para-hydroxylation sites is 1. The zero-order chi connectivity index (χ0) is 19.8. The lowest BCUT2D eigenvalue weighted by molar-refractivity contribution is 0.0998. The minimum atomic E-state index is -0.337. The summed E-state index contributed by atoms with van der Waals surface area (Å²) in [5.41, 5.74) is 6.09. The molecule has 0 saturated heterocycles. The number of benzene rings is 2. The third-order valence-corrected chi connectivity index (χ3v) is 5.37. The lowest BCUT2D eigenvalue weighted by Crippen LogP contribution is -2.10. The topological polar surface area (TPSA) is 64.4 Å². The number of carbonyl (C=O) groups is 1. The summed E-state index contributed by atoms with van der Waals surface area (Å²) in [6, 6.07) is 11.5. The van der Waals surface area contributed by atoms with Gasteiger partial charge in [-0.2, -0.15) is 0 Å². The van der Waals surface area contributed by atoms with Crippen molar-refractivity contribution in [1.29, 1.82) is 0 Å². The van der Waals surface area contributed by atoms with E-state index in [1.54, 1.807) is 19.2 Å². The molecule has 0 aliphatic heterocycles. The van der Waals surface area contributed by atoms with Gasteiger partial charge in [-0.05, 0) is 44.0 Å². The number of rotatable bonds is 4. The van der Waals surface area contributed by atoms with Crippen LogP contribution in [0.1, 0.15) is 27.2 Å². The van der Waals surface area contributed by atoms with Crippen molar-refractivity contribution < 1.29 is 13.9 Å². The van der Waals surface area contributed by atoms with Gasteiger partial charge >= 0.3 is 0 Å². The van der Waals surface area contributed by atoms with Crippen molar-refractivity contribution >= 4 is 33.3 Å². The predicted molar refractivity (Wildman–Crippen MR) is 112 cm³/mol. The maximum atomic E-state index is 12.6. The Bertz CT molecular complexity index is 1170. The van der Waals surface area contributed by atoms with E-state index in [9.17, 15) is 4.79 Å². The molecule has 1 N–H and O–H groups in total. The third-order valence-electron chi connectivity index (χ3n) is 4.61. The molecule has 6 heteroatoms. The van der Waals surface area contributed by atoms with Crippen molar-refractivity contribution in [2.45, 2.75) is 20.8 Å². The minimum absolute atomic E-state index is 0.221. The van der Waals surface area contributed by atoms with E-state index in [4.69, 9.17) is 9.15 Å². The van der Waals surface area contributed by atoms with Crippen LogP contribution < -0.4 is 10.1 Å². The molecule has 4 aromatic rings. The first-order valence-corrected chi connectivity index (χ1v) is 9.76. The average molecular weight is 392 g/mol. The van der Waals surface area contributed by atoms with Gasteiger partial charge in [-0.15, -0.1) is 11.3 Å². The van der Waals surface area contributed by atoms with E-state index in [2.05, 4.69) is 43.2 Å². The van der Waals surface area contributed by atoms with Crippen molar-refractivity contribution in [3.8, 4) is 17.0 Å². The fourth-order valence-electron chi connectivity index (χ4n) is 3.50. The zero-order valence-corrected chi connectivity index (χ0v) is 16.9. The van der Waals surface area contributed by atoms with E-state index in [1.165, 1.54) is 28.0 Å². The number of hydrogen-bond donors (Lipinski definition) is 1. The van der Waals surface area contributed by atoms with Crippen LogP contribution in [-0.2, 0) is 0 Å². The van der Waals surface area contributed by atoms with Crippen molar-refractivity contribution in [1.82, 2.24) is 4.98 Å². The minimum Gasteiger partial charge on any atom is -0.493 e. The molecule has 0 fully saturated rings. The van der Waals surface area contributed by atoms with E-state index in [-0.39, 0.29) is 11.7 Å². The Morgan fingerprint density at radius 1 is 1.14 bits per heavy atom. The van der Waals surface area contributed by atoms with Crippen LogP contribution in [0.15, 0.2) is 46.2 Å². The van der Waals surface area contributed by atoms with Crippen LogP contribution in [0.5, 0.6) is 5.75 Å². The van der Waals surface area contributed by atoms with Gasteiger partial charge < -0.3 is 9.15 Å². The Kier molecular flexibility index (Phi) is 4.65. The van der Waals surface area contributed by atoms with Crippen LogP contribution in [0.3, 0.4) is 0 Å². The third kappa shape index (κ3) is 3.27. The van der Waals surface area contributed by atoms with Gasteiger partial charge in [0.05, 0.1) is 12.8 Å². The normalized spacial score (nSPS) is 11.0. The van der Waals surface area contributed by atoms with Gasteiger partial charge in [0.2, 0.25) is 0 Å². The number of aromatic nitrogens is 1. The summed E-state index contributed by atoms with van der Waals surface area (Å²) < 4.78 is 11.0. The molecular weight excluding hydrogens is 372 g/mol. The molecule has 4 rings (SSSR count). The van der Waals surface area contributed by atoms with Crippen molar-refractivity contribution in [3.05, 3.63) is 64.2 Å². The molecular formula is C22H20N2O3S. The lowest BCUT2D eigenvalue weighted by atomic mass is 9.98. The van der Waals surface area contributed by atoms with E-state index in [1.807, 2.05) is 17.5 Å². The molecule has 2 aromatic heterocycles. The zero-order valence-electron chi connectivity index (χ0n) is 16.1. The number of ether oxygens (including phenoxy) is 1. The molecule has 0 aliphatic carbocycles. The quantitative estimate of drug-likeness (QED) is 0.481. The average Bonchev–Trinajstić information content (AvgIpc) is 3.27. The first-order chi connectivity index (χ1) is 13.5. The van der Waals surface area contributed by atoms with E-state index in [0.717, 1.165) is 16.6 Å². The monoisotopic (exact) mass is 392 g/mol. The Labute approximate surface area is 167 Å². The Balaban J connectivity index is 1.60. The van der Waals surface area contributed by atoms with Gasteiger partial charge in [0.15, 0.2) is 22.2 Å². The summed E-state index contributed by atoms with van der Waals surface area (Å²) in [6.45, 7) is 6.24. The molecule has 28 heavy (non-hydrogen) atoms. The van der Waals surface area contributed by atoms with Crippen molar-refractivity contribution in [2.75, 3.05) is 12.4 Å². The number of fused-ring (bicyclic) bond motifs is 1. The van der Waals surface area contributed by atoms with E-state index < -0.39 is 0 Å². The number of thiazole rings is 1. The molecule has 0 radical (unpaired) electrons. The summed E-state index contributed by atoms with van der Waals surface area (Å²) in [6.07, 6.45) is 0. The molecule has 0 saturated carbocycles. The fourth-order valence-corrected chi connectivity index (χ4v) is 4.19. The van der Waals surface area contributed by atoms with Gasteiger partial charge in [0.25, 0.3) is 5.91 Å². The Morgan fingerprint density at radius 3 is 2.61 bits per heavy atom. The Hall–Kier alpha value is -3.12. The molecule has 0 unspecified atom stereocenters. The van der Waals surface area contributed by atoms with Crippen LogP contribution in [0.4, 0.5) is 5.13 Å². The first kappa shape index (κ1) is 18.3. The highest BCUT2D eigenvalue weighted by Crippen LogP contribution is 2.32. The highest BCUT2D eigenvalue weighted by Gasteiger charge is 2.17. The van der Waals surface area contributed by atoms with Gasteiger partial charge in [-0.1, -0.05) is 29.8 Å². The van der Waals surface area contributed by atoms with Gasteiger partial charge in [0.1, 0.15) is 0 Å². The number of carbonyl (C=O) groups excluding carboxylic acids is 1. The molecule has 2 aromatic carbocycles. The molecule has 5 nitrogen and oxygen atoms in total. The first-order valence-electron chi connectivity index (χ1n) is 8.88. The second kappa shape index (κ2) is 7.13. The maximum absolute atomic E-state index is 12.6. The summed E-state index contributed by atoms with van der Waals surface area (Å²) >= 11 is 1.39. The molecule has 0 spiro atoms. The van der Waals surface area contributed by atoms with E-state index >= 15 is 0 Å². The van der Waals surface area contributed by atoms with Crippen LogP contribution >= 0.6 is 11.3 Å². The summed E-state index contributed by atoms with van der Waals surface area (Å²) in [5.74, 6) is 0.480. The summed E-state index contributed by atoms with van der Waals surface area (Å²) in [5, 5.41) is 6.14. The Morgan fingerprint density at radius 2 is 1.89 bits per heavy atom. The number of methoxy groups -OCH3 is 1. The molecule has 2 heterocycles. The SMILES string of the molecule is COc1cccc2cc(C(=O)Nc3nc(-c4c(C)cc(C)cc4C)cs3)oc12. The highest BCUT2D eigenvalue weighted by molar-refractivity contribution is 7.14. The highest BCUT2D eigenvalue weighted by atomic mass is 32.1. The number of nitrogens with one attached hydrogen (secondary N) is 1. The van der Waals surface area contributed by atoms with Gasteiger partial charge in [-0.25, -0.2) is 4.98 Å². The second-order valence-electron chi connectivity index (χ2n) is 6.76. The fraction of sp³-hybridized carbons (Fsp3) is 0.182. The van der Waals surface area contributed by atoms with Gasteiger partial charge in [0, 0.05) is 16.3 Å². The molecule has 0 bridgehead atoms. The van der Waals surface area contributed by atoms with Crippen molar-refractivity contribution in [3.63, 3.8) is 0 Å². The van der Waals surface area contributed by atoms with E-state index in [0.29, 0.717) is 16.5 Å². The second-order valence-corrected chi connectivity index (χ2v) is 7.61. The van der Waals surface area contributed by atoms with Crippen LogP contribution in [0.25, 0.3) is 22.2 Å². The number of anilines is 1. The molecule has 0 aliphatic rings. The molecule has 1 amide bonds. The summed E-state index contributed by atoms with van der Waals surface area (Å²) in [4.78, 5) is 17.2. The lowest BCUT2D eigenvalue weighted by Gasteiger charge is -2.08. The maximum Gasteiger partial charge on any atom is 0.293 e. The summed E-state index contributed by atoms with van der Waals surface area (Å²) in [7, 11) is 1.57. The standard InChI is InChI=1S/C22H20N2O3S/c1-12-8-13(2)19(14(3)9-12)16-11-28-22(23-16)24-21(25)18-10-15-6-5-7-17(26-4)20(15)27-18/h5-11H,1-4H3,(H,23,24,25). The number of nitrogens with zero attached hydrogens (tertiary/aromatic N) is 1. The molecule has 0 atom stereocenters. The molecule has 142 valence electrons. The number of aryl methyl sites for hydroxylation is 3. The largest absolute Gasteiger partial charge is 0.493 e. The van der Waals surface area contributed by atoms with Gasteiger partial charge in [-0.3, -0.25) is 10.1 Å².